The first-order valence-corrected chi connectivity index (χ1v) is 8.15. The van der Waals surface area contributed by atoms with E-state index in [1.54, 1.807) is 0 Å². The third kappa shape index (κ3) is 2.60. The summed E-state index contributed by atoms with van der Waals surface area (Å²) in [5.41, 5.74) is -0.133. The van der Waals surface area contributed by atoms with Crippen LogP contribution in [-0.4, -0.2) is 28.7 Å². The van der Waals surface area contributed by atoms with E-state index in [4.69, 9.17) is 0 Å². The second-order valence-corrected chi connectivity index (χ2v) is 6.73. The van der Waals surface area contributed by atoms with Crippen molar-refractivity contribution in [1.82, 2.24) is 10.2 Å². The van der Waals surface area contributed by atoms with E-state index >= 15 is 0 Å². The number of amides is 3. The van der Waals surface area contributed by atoms with Gasteiger partial charge in [-0.3, -0.25) is 19.7 Å². The zero-order valence-electron chi connectivity index (χ0n) is 13.2. The Morgan fingerprint density at radius 1 is 1.08 bits per heavy atom. The number of nitrogens with one attached hydrogen (secondary N) is 1. The predicted molar refractivity (Wildman–Crippen MR) is 79.5 cm³/mol. The molecule has 2 fully saturated rings. The molecule has 3 aliphatic rings. The Balaban J connectivity index is 1.76. The van der Waals surface area contributed by atoms with Crippen molar-refractivity contribution in [2.24, 2.45) is 0 Å². The predicted octanol–water partition coefficient (Wildman–Crippen LogP) is 2.34. The number of fused-ring (bicyclic) bond motifs is 1. The topological polar surface area (TPSA) is 66.5 Å². The van der Waals surface area contributed by atoms with E-state index in [1.165, 1.54) is 11.0 Å². The van der Waals surface area contributed by atoms with Crippen LogP contribution in [0, 0.1) is 0 Å². The maximum atomic E-state index is 13.4. The highest BCUT2D eigenvalue weighted by Crippen LogP contribution is 2.47. The average molecular weight is 352 g/mol. The highest BCUT2D eigenvalue weighted by Gasteiger charge is 2.46. The number of alkyl halides is 3. The molecule has 132 valence electrons. The van der Waals surface area contributed by atoms with Crippen molar-refractivity contribution in [2.75, 3.05) is 0 Å². The van der Waals surface area contributed by atoms with Gasteiger partial charge in [0.15, 0.2) is 0 Å². The van der Waals surface area contributed by atoms with Crippen LogP contribution in [0.1, 0.15) is 58.6 Å². The van der Waals surface area contributed by atoms with Gasteiger partial charge in [0.2, 0.25) is 11.8 Å². The Hall–Kier alpha value is -2.38. The molecule has 0 bridgehead atoms. The van der Waals surface area contributed by atoms with Gasteiger partial charge in [-0.15, -0.1) is 0 Å². The van der Waals surface area contributed by atoms with Crippen LogP contribution >= 0.6 is 0 Å². The molecule has 1 saturated heterocycles. The molecular formula is C17H15F3N2O3. The van der Waals surface area contributed by atoms with Crippen molar-refractivity contribution in [3.8, 4) is 0 Å². The fourth-order valence-corrected chi connectivity index (χ4v) is 3.71. The van der Waals surface area contributed by atoms with E-state index in [1.807, 2.05) is 0 Å². The maximum absolute atomic E-state index is 13.4. The van der Waals surface area contributed by atoms with Crippen LogP contribution in [-0.2, 0) is 22.3 Å². The summed E-state index contributed by atoms with van der Waals surface area (Å²) in [4.78, 5) is 37.3. The summed E-state index contributed by atoms with van der Waals surface area (Å²) in [6.45, 7) is -0.0177. The highest BCUT2D eigenvalue weighted by atomic mass is 19.4. The maximum Gasteiger partial charge on any atom is 0.417 e. The Kier molecular flexibility index (Phi) is 3.42. The van der Waals surface area contributed by atoms with Crippen LogP contribution < -0.4 is 5.32 Å². The number of rotatable bonds is 2. The molecule has 1 N–H and O–H groups in total. The van der Waals surface area contributed by atoms with Crippen LogP contribution in [0.4, 0.5) is 13.2 Å². The van der Waals surface area contributed by atoms with Crippen LogP contribution in [0.25, 0.3) is 0 Å². The Morgan fingerprint density at radius 2 is 1.80 bits per heavy atom. The van der Waals surface area contributed by atoms with E-state index < -0.39 is 35.5 Å². The van der Waals surface area contributed by atoms with Gasteiger partial charge >= 0.3 is 6.18 Å². The second kappa shape index (κ2) is 5.31. The summed E-state index contributed by atoms with van der Waals surface area (Å²) in [5.74, 6) is -1.65. The third-order valence-corrected chi connectivity index (χ3v) is 5.06. The van der Waals surface area contributed by atoms with Crippen LogP contribution in [0.3, 0.4) is 0 Å². The molecule has 1 atom stereocenters. The number of hydrogen-bond donors (Lipinski definition) is 1. The van der Waals surface area contributed by atoms with Gasteiger partial charge in [0.25, 0.3) is 5.91 Å². The monoisotopic (exact) mass is 352 g/mol. The number of piperidine rings is 1. The van der Waals surface area contributed by atoms with E-state index in [0.717, 1.165) is 24.5 Å². The van der Waals surface area contributed by atoms with E-state index in [0.29, 0.717) is 5.56 Å². The minimum Gasteiger partial charge on any atom is -0.322 e. The molecule has 1 aromatic rings. The molecule has 25 heavy (non-hydrogen) atoms. The molecule has 0 radical (unpaired) electrons. The molecule has 8 heteroatoms. The molecular weight excluding hydrogens is 337 g/mol. The highest BCUT2D eigenvalue weighted by molar-refractivity contribution is 6.06. The molecule has 1 aromatic carbocycles. The zero-order valence-corrected chi connectivity index (χ0v) is 13.2. The first kappa shape index (κ1) is 16.1. The molecule has 1 saturated carbocycles. The van der Waals surface area contributed by atoms with Crippen molar-refractivity contribution in [3.63, 3.8) is 0 Å². The lowest BCUT2D eigenvalue weighted by molar-refractivity contribution is -0.138. The summed E-state index contributed by atoms with van der Waals surface area (Å²) in [6, 6.07) is 1.52. The van der Waals surface area contributed by atoms with Crippen molar-refractivity contribution < 1.29 is 27.6 Å². The molecule has 1 aliphatic carbocycles. The van der Waals surface area contributed by atoms with Gasteiger partial charge in [-0.25, -0.2) is 0 Å². The number of halogens is 3. The summed E-state index contributed by atoms with van der Waals surface area (Å²) in [7, 11) is 0. The average Bonchev–Trinajstić information content (AvgIpc) is 3.31. The van der Waals surface area contributed by atoms with Gasteiger partial charge in [0, 0.05) is 13.0 Å². The van der Waals surface area contributed by atoms with E-state index in [9.17, 15) is 27.6 Å². The molecule has 5 nitrogen and oxygen atoms in total. The molecule has 3 amide bonds. The summed E-state index contributed by atoms with van der Waals surface area (Å²) >= 11 is 0. The van der Waals surface area contributed by atoms with Crippen molar-refractivity contribution in [2.45, 2.75) is 50.4 Å². The number of nitrogens with zero attached hydrogens (tertiary/aromatic N) is 1. The standard InChI is InChI=1S/C17H15F3N2O3/c18-17(19,20)11-4-3-9(8-1-2-8)10-7-22(16(25)14(10)11)12-5-6-13(23)21-15(12)24/h3-4,8,12H,1-2,5-7H2,(H,21,23,24). The smallest absolute Gasteiger partial charge is 0.322 e. The largest absolute Gasteiger partial charge is 0.417 e. The van der Waals surface area contributed by atoms with Gasteiger partial charge in [0.05, 0.1) is 11.1 Å². The van der Waals surface area contributed by atoms with Gasteiger partial charge in [-0.2, -0.15) is 13.2 Å². The fraction of sp³-hybridized carbons (Fsp3) is 0.471. The molecule has 4 rings (SSSR count). The van der Waals surface area contributed by atoms with Crippen LogP contribution in [0.2, 0.25) is 0 Å². The van der Waals surface area contributed by atoms with Gasteiger partial charge in [-0.1, -0.05) is 6.07 Å². The normalized spacial score (nSPS) is 23.7. The van der Waals surface area contributed by atoms with E-state index in [2.05, 4.69) is 5.32 Å². The lowest BCUT2D eigenvalue weighted by atomic mass is 9.95. The minimum absolute atomic E-state index is 0.0177. The Bertz CT molecular complexity index is 799. The van der Waals surface area contributed by atoms with Crippen molar-refractivity contribution >= 4 is 17.7 Å². The van der Waals surface area contributed by atoms with Gasteiger partial charge in [0.1, 0.15) is 6.04 Å². The second-order valence-electron chi connectivity index (χ2n) is 6.73. The summed E-state index contributed by atoms with van der Waals surface area (Å²) in [5, 5.41) is 2.15. The SMILES string of the molecule is O=C1CCC(N2Cc3c(C4CC4)ccc(C(F)(F)F)c3C2=O)C(=O)N1. The Morgan fingerprint density at radius 3 is 2.40 bits per heavy atom. The minimum atomic E-state index is -4.64. The molecule has 0 spiro atoms. The number of hydrogen-bond acceptors (Lipinski definition) is 3. The van der Waals surface area contributed by atoms with Crippen LogP contribution in [0.15, 0.2) is 12.1 Å². The number of benzene rings is 1. The third-order valence-electron chi connectivity index (χ3n) is 5.06. The van der Waals surface area contributed by atoms with E-state index in [-0.39, 0.29) is 30.9 Å². The quantitative estimate of drug-likeness (QED) is 0.831. The molecule has 2 heterocycles. The fourth-order valence-electron chi connectivity index (χ4n) is 3.71. The van der Waals surface area contributed by atoms with Gasteiger partial charge < -0.3 is 4.90 Å². The van der Waals surface area contributed by atoms with Crippen LogP contribution in [0.5, 0.6) is 0 Å². The number of carbonyl (C=O) groups is 3. The number of carbonyl (C=O) groups excluding carboxylic acids is 3. The molecule has 2 aliphatic heterocycles. The lowest BCUT2D eigenvalue weighted by Gasteiger charge is -2.29. The lowest BCUT2D eigenvalue weighted by Crippen LogP contribution is -2.52. The molecule has 1 unspecified atom stereocenters. The number of imide groups is 1. The molecule has 0 aromatic heterocycles. The Labute approximate surface area is 141 Å². The summed E-state index contributed by atoms with van der Waals surface area (Å²) < 4.78 is 40.1. The zero-order chi connectivity index (χ0) is 17.9. The van der Waals surface area contributed by atoms with Gasteiger partial charge in [-0.05, 0) is 42.4 Å². The van der Waals surface area contributed by atoms with Crippen molar-refractivity contribution in [3.05, 3.63) is 34.4 Å². The van der Waals surface area contributed by atoms with Crippen molar-refractivity contribution in [1.29, 1.82) is 0 Å². The first-order valence-electron chi connectivity index (χ1n) is 8.15. The first-order chi connectivity index (χ1) is 11.8. The summed E-state index contributed by atoms with van der Waals surface area (Å²) in [6.07, 6.45) is -2.65.